The molecule has 2 rings (SSSR count). The summed E-state index contributed by atoms with van der Waals surface area (Å²) in [5, 5.41) is 4.01. The molecule has 4 nitrogen and oxygen atoms in total. The number of thiazole rings is 1. The molecule has 0 radical (unpaired) electrons. The van der Waals surface area contributed by atoms with Gasteiger partial charge in [-0.25, -0.2) is 4.98 Å². The van der Waals surface area contributed by atoms with Crippen LogP contribution in [0.5, 0.6) is 0 Å². The fourth-order valence-electron chi connectivity index (χ4n) is 2.07. The van der Waals surface area contributed by atoms with E-state index in [1.165, 1.54) is 4.70 Å². The van der Waals surface area contributed by atoms with E-state index >= 15 is 0 Å². The number of benzene rings is 1. The Kier molecular flexibility index (Phi) is 5.49. The summed E-state index contributed by atoms with van der Waals surface area (Å²) in [6, 6.07) is 8.19. The SMILES string of the molecule is COCC(C)NC(=O)CCCc1nc2ccccc2s1. The summed E-state index contributed by atoms with van der Waals surface area (Å²) in [5.41, 5.74) is 1.05. The fourth-order valence-corrected chi connectivity index (χ4v) is 3.07. The van der Waals surface area contributed by atoms with Crippen molar-refractivity contribution >= 4 is 27.5 Å². The quantitative estimate of drug-likeness (QED) is 0.853. The molecule has 0 aliphatic carbocycles. The molecule has 1 aromatic heterocycles. The van der Waals surface area contributed by atoms with Crippen LogP contribution in [0.2, 0.25) is 0 Å². The van der Waals surface area contributed by atoms with Crippen LogP contribution in [0.3, 0.4) is 0 Å². The molecule has 0 saturated heterocycles. The number of rotatable bonds is 7. The van der Waals surface area contributed by atoms with E-state index in [2.05, 4.69) is 16.4 Å². The average molecular weight is 292 g/mol. The molecule has 1 unspecified atom stereocenters. The molecule has 0 spiro atoms. The van der Waals surface area contributed by atoms with Crippen LogP contribution >= 0.6 is 11.3 Å². The molecule has 5 heteroatoms. The molecule has 0 fully saturated rings. The molecule has 0 aliphatic heterocycles. The number of nitrogens with zero attached hydrogens (tertiary/aromatic N) is 1. The Morgan fingerprint density at radius 2 is 2.25 bits per heavy atom. The molecular formula is C15H20N2O2S. The summed E-state index contributed by atoms with van der Waals surface area (Å²) in [6.07, 6.45) is 2.21. The second kappa shape index (κ2) is 7.36. The normalized spacial score (nSPS) is 12.5. The maximum Gasteiger partial charge on any atom is 0.220 e. The molecule has 1 heterocycles. The molecule has 20 heavy (non-hydrogen) atoms. The minimum atomic E-state index is 0.0648. The number of aromatic nitrogens is 1. The molecule has 1 aromatic carbocycles. The van der Waals surface area contributed by atoms with E-state index in [9.17, 15) is 4.79 Å². The van der Waals surface area contributed by atoms with Gasteiger partial charge in [0.25, 0.3) is 0 Å². The average Bonchev–Trinajstić information content (AvgIpc) is 2.81. The molecule has 0 saturated carbocycles. The van der Waals surface area contributed by atoms with Crippen molar-refractivity contribution in [2.75, 3.05) is 13.7 Å². The first-order valence-corrected chi connectivity index (χ1v) is 7.63. The molecule has 2 aromatic rings. The first-order chi connectivity index (χ1) is 9.69. The van der Waals surface area contributed by atoms with Gasteiger partial charge in [0.15, 0.2) is 0 Å². The van der Waals surface area contributed by atoms with Crippen molar-refractivity contribution in [1.82, 2.24) is 10.3 Å². The third-order valence-electron chi connectivity index (χ3n) is 2.96. The van der Waals surface area contributed by atoms with Crippen LogP contribution in [0.15, 0.2) is 24.3 Å². The Labute approximate surface area is 123 Å². The summed E-state index contributed by atoms with van der Waals surface area (Å²) in [6.45, 7) is 2.48. The summed E-state index contributed by atoms with van der Waals surface area (Å²) in [4.78, 5) is 16.3. The van der Waals surface area contributed by atoms with Crippen molar-refractivity contribution in [2.24, 2.45) is 0 Å². The summed E-state index contributed by atoms with van der Waals surface area (Å²) >= 11 is 1.71. The highest BCUT2D eigenvalue weighted by Gasteiger charge is 2.08. The first-order valence-electron chi connectivity index (χ1n) is 6.82. The number of hydrogen-bond donors (Lipinski definition) is 1. The Hall–Kier alpha value is -1.46. The van der Waals surface area contributed by atoms with Crippen LogP contribution in [0.25, 0.3) is 10.2 Å². The van der Waals surface area contributed by atoms with Gasteiger partial charge in [0.1, 0.15) is 0 Å². The molecule has 1 N–H and O–H groups in total. The summed E-state index contributed by atoms with van der Waals surface area (Å²) < 4.78 is 6.20. The van der Waals surface area contributed by atoms with E-state index in [-0.39, 0.29) is 11.9 Å². The lowest BCUT2D eigenvalue weighted by molar-refractivity contribution is -0.122. The Balaban J connectivity index is 1.76. The zero-order valence-corrected chi connectivity index (χ0v) is 12.7. The van der Waals surface area contributed by atoms with Gasteiger partial charge in [-0.3, -0.25) is 4.79 Å². The minimum absolute atomic E-state index is 0.0648. The van der Waals surface area contributed by atoms with Crippen molar-refractivity contribution < 1.29 is 9.53 Å². The van der Waals surface area contributed by atoms with Gasteiger partial charge in [0.2, 0.25) is 5.91 Å². The summed E-state index contributed by atoms with van der Waals surface area (Å²) in [5.74, 6) is 0.0793. The van der Waals surface area contributed by atoms with Crippen LogP contribution in [-0.2, 0) is 16.0 Å². The maximum absolute atomic E-state index is 11.7. The Morgan fingerprint density at radius 3 is 3.00 bits per heavy atom. The van der Waals surface area contributed by atoms with Crippen molar-refractivity contribution in [3.05, 3.63) is 29.3 Å². The van der Waals surface area contributed by atoms with Crippen molar-refractivity contribution in [2.45, 2.75) is 32.2 Å². The van der Waals surface area contributed by atoms with Gasteiger partial charge in [-0.15, -0.1) is 11.3 Å². The number of ether oxygens (including phenoxy) is 1. The zero-order chi connectivity index (χ0) is 14.4. The highest BCUT2D eigenvalue weighted by atomic mass is 32.1. The van der Waals surface area contributed by atoms with E-state index in [1.54, 1.807) is 18.4 Å². The number of aryl methyl sites for hydroxylation is 1. The topological polar surface area (TPSA) is 51.2 Å². The number of amides is 1. The third-order valence-corrected chi connectivity index (χ3v) is 4.05. The second-order valence-electron chi connectivity index (χ2n) is 4.85. The number of methoxy groups -OCH3 is 1. The molecule has 1 amide bonds. The fraction of sp³-hybridized carbons (Fsp3) is 0.467. The van der Waals surface area contributed by atoms with Gasteiger partial charge in [-0.2, -0.15) is 0 Å². The largest absolute Gasteiger partial charge is 0.383 e. The van der Waals surface area contributed by atoms with E-state index in [0.717, 1.165) is 23.4 Å². The number of para-hydroxylation sites is 1. The second-order valence-corrected chi connectivity index (χ2v) is 5.97. The standard InChI is InChI=1S/C15H20N2O2S/c1-11(10-19-2)16-14(18)8-5-9-15-17-12-6-3-4-7-13(12)20-15/h3-4,6-7,11H,5,8-10H2,1-2H3,(H,16,18). The van der Waals surface area contributed by atoms with Crippen LogP contribution < -0.4 is 5.32 Å². The van der Waals surface area contributed by atoms with Crippen molar-refractivity contribution in [3.63, 3.8) is 0 Å². The lowest BCUT2D eigenvalue weighted by Crippen LogP contribution is -2.35. The number of fused-ring (bicyclic) bond motifs is 1. The van der Waals surface area contributed by atoms with E-state index in [1.807, 2.05) is 25.1 Å². The maximum atomic E-state index is 11.7. The molecule has 0 bridgehead atoms. The van der Waals surface area contributed by atoms with Crippen LogP contribution in [0.4, 0.5) is 0 Å². The Bertz CT molecular complexity index is 535. The zero-order valence-electron chi connectivity index (χ0n) is 11.9. The van der Waals surface area contributed by atoms with E-state index < -0.39 is 0 Å². The number of nitrogens with one attached hydrogen (secondary N) is 1. The number of hydrogen-bond acceptors (Lipinski definition) is 4. The first kappa shape index (κ1) is 14.9. The predicted octanol–water partition coefficient (Wildman–Crippen LogP) is 2.77. The third kappa shape index (κ3) is 4.28. The monoisotopic (exact) mass is 292 g/mol. The van der Waals surface area contributed by atoms with E-state index in [4.69, 9.17) is 4.74 Å². The minimum Gasteiger partial charge on any atom is -0.383 e. The van der Waals surface area contributed by atoms with Crippen LogP contribution in [0, 0.1) is 0 Å². The number of carbonyl (C=O) groups is 1. The molecule has 108 valence electrons. The van der Waals surface area contributed by atoms with Gasteiger partial charge in [-0.05, 0) is 31.9 Å². The smallest absolute Gasteiger partial charge is 0.220 e. The van der Waals surface area contributed by atoms with E-state index in [0.29, 0.717) is 13.0 Å². The molecule has 0 aliphatic rings. The Morgan fingerprint density at radius 1 is 1.45 bits per heavy atom. The van der Waals surface area contributed by atoms with Gasteiger partial charge in [0, 0.05) is 19.6 Å². The molecule has 1 atom stereocenters. The molecular weight excluding hydrogens is 272 g/mol. The van der Waals surface area contributed by atoms with Crippen LogP contribution in [-0.4, -0.2) is 30.6 Å². The highest BCUT2D eigenvalue weighted by Crippen LogP contribution is 2.22. The lowest BCUT2D eigenvalue weighted by atomic mass is 10.2. The van der Waals surface area contributed by atoms with Gasteiger partial charge < -0.3 is 10.1 Å². The van der Waals surface area contributed by atoms with Crippen LogP contribution in [0.1, 0.15) is 24.8 Å². The van der Waals surface area contributed by atoms with Crippen molar-refractivity contribution in [1.29, 1.82) is 0 Å². The summed E-state index contributed by atoms with van der Waals surface area (Å²) in [7, 11) is 1.63. The van der Waals surface area contributed by atoms with Gasteiger partial charge in [0.05, 0.1) is 21.8 Å². The van der Waals surface area contributed by atoms with Gasteiger partial charge >= 0.3 is 0 Å². The predicted molar refractivity (Wildman–Crippen MR) is 82.0 cm³/mol. The van der Waals surface area contributed by atoms with Gasteiger partial charge in [-0.1, -0.05) is 12.1 Å². The number of carbonyl (C=O) groups excluding carboxylic acids is 1. The van der Waals surface area contributed by atoms with Crippen molar-refractivity contribution in [3.8, 4) is 0 Å². The lowest BCUT2D eigenvalue weighted by Gasteiger charge is -2.12. The highest BCUT2D eigenvalue weighted by molar-refractivity contribution is 7.18.